The number of halogens is 3. The Balaban J connectivity index is 1.55. The minimum atomic E-state index is -5.19. The molecule has 2 aromatic rings. The standard InChI is InChI=1S/C28H28F3NO9/c1-3-27(39)9-14-18(25(37)20-19(24(14)36)22(34)12-6-4-5-7-13(12)23(20)35)16(10-27)41-17-8-15(21(33)11(2)40-17)32-26(38)28(29,30)31/h4-7,11,15-17,21,33,36-37,39H,3,8-10H2,1-2H3,(H,32,38)/t11-,15-,16-,17-,21+,27-/m0/s1. The van der Waals surface area contributed by atoms with E-state index in [4.69, 9.17) is 9.47 Å². The predicted molar refractivity (Wildman–Crippen MR) is 133 cm³/mol. The molecule has 6 atom stereocenters. The summed E-state index contributed by atoms with van der Waals surface area (Å²) in [5, 5.41) is 46.1. The van der Waals surface area contributed by atoms with Crippen LogP contribution in [0.3, 0.4) is 0 Å². The number of ether oxygens (including phenoxy) is 2. The zero-order valence-electron chi connectivity index (χ0n) is 22.0. The summed E-state index contributed by atoms with van der Waals surface area (Å²) in [6.07, 6.45) is -11.0. The molecule has 41 heavy (non-hydrogen) atoms. The van der Waals surface area contributed by atoms with Gasteiger partial charge in [0.1, 0.15) is 17.6 Å². The van der Waals surface area contributed by atoms with Crippen molar-refractivity contribution in [2.45, 2.75) is 82.0 Å². The third kappa shape index (κ3) is 4.86. The first-order chi connectivity index (χ1) is 19.2. The third-order valence-corrected chi connectivity index (χ3v) is 8.11. The average molecular weight is 580 g/mol. The smallest absolute Gasteiger partial charge is 0.471 e. The van der Waals surface area contributed by atoms with Gasteiger partial charge in [0.25, 0.3) is 0 Å². The molecule has 10 nitrogen and oxygen atoms in total. The maximum atomic E-state index is 13.4. The first kappa shape index (κ1) is 29.0. The Kier molecular flexibility index (Phi) is 7.13. The number of benzene rings is 2. The maximum absolute atomic E-state index is 13.4. The van der Waals surface area contributed by atoms with Crippen LogP contribution >= 0.6 is 0 Å². The Hall–Kier alpha value is -3.52. The molecule has 1 aliphatic heterocycles. The molecule has 0 unspecified atom stereocenters. The number of hydrogen-bond donors (Lipinski definition) is 5. The van der Waals surface area contributed by atoms with E-state index in [1.807, 2.05) is 0 Å². The second-order valence-corrected chi connectivity index (χ2v) is 10.7. The first-order valence-corrected chi connectivity index (χ1v) is 13.0. The fourth-order valence-electron chi connectivity index (χ4n) is 5.86. The fourth-order valence-corrected chi connectivity index (χ4v) is 5.86. The van der Waals surface area contributed by atoms with Crippen LogP contribution in [-0.4, -0.2) is 74.2 Å². The Bertz CT molecular complexity index is 1440. The molecule has 1 amide bonds. The van der Waals surface area contributed by atoms with Gasteiger partial charge in [0, 0.05) is 41.5 Å². The third-order valence-electron chi connectivity index (χ3n) is 8.11. The second kappa shape index (κ2) is 10.1. The average Bonchev–Trinajstić information content (AvgIpc) is 2.91. The van der Waals surface area contributed by atoms with Crippen LogP contribution in [0.15, 0.2) is 24.3 Å². The van der Waals surface area contributed by atoms with Crippen LogP contribution < -0.4 is 5.32 Å². The highest BCUT2D eigenvalue weighted by Gasteiger charge is 2.48. The van der Waals surface area contributed by atoms with Gasteiger partial charge in [0.2, 0.25) is 0 Å². The Morgan fingerprint density at radius 2 is 1.71 bits per heavy atom. The van der Waals surface area contributed by atoms with Gasteiger partial charge in [-0.1, -0.05) is 31.2 Å². The number of carbonyl (C=O) groups is 3. The molecular weight excluding hydrogens is 551 g/mol. The molecule has 0 radical (unpaired) electrons. The molecule has 0 spiro atoms. The lowest BCUT2D eigenvalue weighted by Gasteiger charge is -2.43. The summed E-state index contributed by atoms with van der Waals surface area (Å²) in [5.41, 5.74) is -2.34. The number of aliphatic hydroxyl groups is 2. The van der Waals surface area contributed by atoms with Gasteiger partial charge < -0.3 is 35.2 Å². The molecule has 0 saturated carbocycles. The van der Waals surface area contributed by atoms with Gasteiger partial charge in [-0.2, -0.15) is 13.2 Å². The van der Waals surface area contributed by atoms with Gasteiger partial charge in [-0.25, -0.2) is 0 Å². The number of phenols is 2. The summed E-state index contributed by atoms with van der Waals surface area (Å²) < 4.78 is 50.3. The van der Waals surface area contributed by atoms with Crippen LogP contribution in [0.2, 0.25) is 0 Å². The number of nitrogens with one attached hydrogen (secondary N) is 1. The van der Waals surface area contributed by atoms with E-state index in [9.17, 15) is 48.0 Å². The Morgan fingerprint density at radius 3 is 2.27 bits per heavy atom. The van der Waals surface area contributed by atoms with E-state index in [1.165, 1.54) is 19.1 Å². The van der Waals surface area contributed by atoms with Crippen molar-refractivity contribution in [3.8, 4) is 11.5 Å². The molecule has 2 aliphatic carbocycles. The highest BCUT2D eigenvalue weighted by atomic mass is 19.4. The van der Waals surface area contributed by atoms with E-state index in [1.54, 1.807) is 24.4 Å². The summed E-state index contributed by atoms with van der Waals surface area (Å²) in [7, 11) is 0. The quantitative estimate of drug-likeness (QED) is 0.293. The monoisotopic (exact) mass is 579 g/mol. The molecule has 1 fully saturated rings. The van der Waals surface area contributed by atoms with Crippen molar-refractivity contribution < 1.29 is 57.5 Å². The molecule has 0 aromatic heterocycles. The molecule has 5 rings (SSSR count). The lowest BCUT2D eigenvalue weighted by atomic mass is 9.72. The fraction of sp³-hybridized carbons (Fsp3) is 0.464. The predicted octanol–water partition coefficient (Wildman–Crippen LogP) is 2.56. The molecule has 1 saturated heterocycles. The number of rotatable bonds is 4. The Labute approximate surface area is 231 Å². The normalized spacial score (nSPS) is 29.4. The SMILES string of the molecule is CC[C@]1(O)Cc2c(O)c3c(c(O)c2[C@@H](O[C@H]2C[C@H](NC(=O)C(F)(F)F)[C@H](O)[C@H](C)O2)C1)C(=O)c1ccccc1C3=O. The molecule has 13 heteroatoms. The summed E-state index contributed by atoms with van der Waals surface area (Å²) >= 11 is 0. The highest BCUT2D eigenvalue weighted by Crippen LogP contribution is 2.52. The van der Waals surface area contributed by atoms with Gasteiger partial charge in [-0.15, -0.1) is 0 Å². The van der Waals surface area contributed by atoms with Crippen LogP contribution in [0.5, 0.6) is 11.5 Å². The van der Waals surface area contributed by atoms with E-state index in [0.29, 0.717) is 0 Å². The zero-order chi connectivity index (χ0) is 30.0. The number of aromatic hydroxyl groups is 2. The topological polar surface area (TPSA) is 163 Å². The number of ketones is 2. The lowest BCUT2D eigenvalue weighted by Crippen LogP contribution is -2.57. The number of carbonyl (C=O) groups excluding carboxylic acids is 3. The van der Waals surface area contributed by atoms with E-state index in [2.05, 4.69) is 0 Å². The maximum Gasteiger partial charge on any atom is 0.471 e. The number of hydrogen-bond acceptors (Lipinski definition) is 9. The van der Waals surface area contributed by atoms with E-state index in [0.717, 1.165) is 0 Å². The van der Waals surface area contributed by atoms with Crippen LogP contribution in [0, 0.1) is 0 Å². The number of fused-ring (bicyclic) bond motifs is 3. The van der Waals surface area contributed by atoms with Gasteiger partial charge in [-0.05, 0) is 13.3 Å². The number of phenolic OH excluding ortho intramolecular Hbond substituents is 2. The van der Waals surface area contributed by atoms with Crippen molar-refractivity contribution >= 4 is 17.5 Å². The molecule has 0 bridgehead atoms. The summed E-state index contributed by atoms with van der Waals surface area (Å²) in [4.78, 5) is 38.3. The van der Waals surface area contributed by atoms with E-state index < -0.39 is 88.9 Å². The van der Waals surface area contributed by atoms with Gasteiger partial charge in [0.15, 0.2) is 17.9 Å². The summed E-state index contributed by atoms with van der Waals surface area (Å²) in [6.45, 7) is 3.03. The second-order valence-electron chi connectivity index (χ2n) is 10.7. The van der Waals surface area contributed by atoms with Crippen molar-refractivity contribution in [2.24, 2.45) is 0 Å². The van der Waals surface area contributed by atoms with Crippen LogP contribution in [0.4, 0.5) is 13.2 Å². The molecule has 3 aliphatic rings. The van der Waals surface area contributed by atoms with Crippen molar-refractivity contribution in [1.29, 1.82) is 0 Å². The van der Waals surface area contributed by atoms with Crippen molar-refractivity contribution in [3.05, 3.63) is 57.6 Å². The van der Waals surface area contributed by atoms with Crippen molar-refractivity contribution in [2.75, 3.05) is 0 Å². The zero-order valence-corrected chi connectivity index (χ0v) is 22.0. The van der Waals surface area contributed by atoms with Crippen LogP contribution in [0.1, 0.15) is 82.2 Å². The number of alkyl halides is 3. The number of aliphatic hydroxyl groups excluding tert-OH is 1. The van der Waals surface area contributed by atoms with Gasteiger partial charge >= 0.3 is 12.1 Å². The highest BCUT2D eigenvalue weighted by molar-refractivity contribution is 6.30. The van der Waals surface area contributed by atoms with Gasteiger partial charge in [-0.3, -0.25) is 14.4 Å². The summed E-state index contributed by atoms with van der Waals surface area (Å²) in [6, 6.07) is 4.52. The van der Waals surface area contributed by atoms with Crippen molar-refractivity contribution in [1.82, 2.24) is 5.32 Å². The van der Waals surface area contributed by atoms with Crippen LogP contribution in [-0.2, 0) is 20.7 Å². The minimum absolute atomic E-state index is 0.0202. The minimum Gasteiger partial charge on any atom is -0.507 e. The molecular formula is C28H28F3NO9. The first-order valence-electron chi connectivity index (χ1n) is 13.0. The number of amides is 1. The van der Waals surface area contributed by atoms with Crippen LogP contribution in [0.25, 0.3) is 0 Å². The molecule has 5 N–H and O–H groups in total. The lowest BCUT2D eigenvalue weighted by molar-refractivity contribution is -0.251. The largest absolute Gasteiger partial charge is 0.507 e. The summed E-state index contributed by atoms with van der Waals surface area (Å²) in [5.74, 6) is -4.87. The molecule has 1 heterocycles. The molecule has 220 valence electrons. The van der Waals surface area contributed by atoms with Gasteiger partial charge in [0.05, 0.1) is 35.0 Å². The molecule has 2 aromatic carbocycles. The van der Waals surface area contributed by atoms with E-state index in [-0.39, 0.29) is 41.5 Å². The van der Waals surface area contributed by atoms with E-state index >= 15 is 0 Å². The Morgan fingerprint density at radius 1 is 1.12 bits per heavy atom. The van der Waals surface area contributed by atoms with Crippen molar-refractivity contribution in [3.63, 3.8) is 0 Å².